The lowest BCUT2D eigenvalue weighted by molar-refractivity contribution is -0.134. The molecule has 0 aromatic carbocycles. The van der Waals surface area contributed by atoms with Gasteiger partial charge < -0.3 is 10.2 Å². The Labute approximate surface area is 172 Å². The summed E-state index contributed by atoms with van der Waals surface area (Å²) in [4.78, 5) is 26.5. The average Bonchev–Trinajstić information content (AvgIpc) is 3.41. The summed E-state index contributed by atoms with van der Waals surface area (Å²) in [5.41, 5.74) is -0.459. The van der Waals surface area contributed by atoms with Gasteiger partial charge in [0.05, 0.1) is 18.7 Å². The number of amides is 2. The molecular formula is C21H32N6O2. The molecule has 2 amide bonds. The summed E-state index contributed by atoms with van der Waals surface area (Å²) in [7, 11) is 0. The van der Waals surface area contributed by atoms with Gasteiger partial charge in [-0.2, -0.15) is 10.4 Å². The van der Waals surface area contributed by atoms with Gasteiger partial charge in [-0.05, 0) is 44.4 Å². The summed E-state index contributed by atoms with van der Waals surface area (Å²) < 4.78 is 0. The first-order valence-electron chi connectivity index (χ1n) is 11.2. The number of nitriles is 1. The molecule has 4 rings (SSSR count). The van der Waals surface area contributed by atoms with Crippen molar-refractivity contribution in [2.45, 2.75) is 82.3 Å². The summed E-state index contributed by atoms with van der Waals surface area (Å²) in [5.74, 6) is 0.562. The fourth-order valence-electron chi connectivity index (χ4n) is 5.13. The molecule has 8 heteroatoms. The van der Waals surface area contributed by atoms with E-state index in [1.165, 1.54) is 19.3 Å². The Morgan fingerprint density at radius 2 is 1.83 bits per heavy atom. The molecule has 0 aromatic rings. The van der Waals surface area contributed by atoms with Gasteiger partial charge in [-0.15, -0.1) is 0 Å². The number of nitrogens with one attached hydrogen (secondary N) is 1. The second-order valence-electron chi connectivity index (χ2n) is 9.21. The molecule has 1 N–H and O–H groups in total. The standard InChI is InChI=1S/C21H32N6O2/c1-15(28)26-11-7-17(8-12-26)20(29)23-19(16-5-3-2-4-6-16)18-13-27(25-24-18)21(14-22)9-10-21/h16-19H,2-13H2,1H3,(H,23,29)/t18?,19-/m0/s1. The van der Waals surface area contributed by atoms with Crippen molar-refractivity contribution in [3.8, 4) is 6.07 Å². The van der Waals surface area contributed by atoms with Crippen molar-refractivity contribution in [3.05, 3.63) is 0 Å². The maximum absolute atomic E-state index is 13.1. The first-order chi connectivity index (χ1) is 14.0. The van der Waals surface area contributed by atoms with Crippen molar-refractivity contribution < 1.29 is 9.59 Å². The SMILES string of the molecule is CC(=O)N1CCC(C(=O)N[C@@H](C2CCCCC2)C2CN(C3(C#N)CC3)N=N2)CC1. The molecule has 2 saturated carbocycles. The Morgan fingerprint density at radius 3 is 2.41 bits per heavy atom. The Hall–Kier alpha value is -2.17. The van der Waals surface area contributed by atoms with Crippen molar-refractivity contribution in [1.29, 1.82) is 5.26 Å². The highest BCUT2D eigenvalue weighted by Gasteiger charge is 2.52. The molecule has 0 bridgehead atoms. The van der Waals surface area contributed by atoms with E-state index in [1.807, 2.05) is 9.91 Å². The molecule has 1 saturated heterocycles. The van der Waals surface area contributed by atoms with Crippen molar-refractivity contribution >= 4 is 11.8 Å². The minimum atomic E-state index is -0.459. The van der Waals surface area contributed by atoms with Crippen LogP contribution >= 0.6 is 0 Å². The minimum absolute atomic E-state index is 0.0168. The highest BCUT2D eigenvalue weighted by Crippen LogP contribution is 2.43. The first-order valence-corrected chi connectivity index (χ1v) is 11.2. The van der Waals surface area contributed by atoms with Crippen LogP contribution in [0.2, 0.25) is 0 Å². The maximum Gasteiger partial charge on any atom is 0.223 e. The van der Waals surface area contributed by atoms with E-state index in [2.05, 4.69) is 21.7 Å². The van der Waals surface area contributed by atoms with E-state index in [0.29, 0.717) is 25.6 Å². The third-order valence-corrected chi connectivity index (χ3v) is 7.29. The van der Waals surface area contributed by atoms with E-state index >= 15 is 0 Å². The number of carbonyl (C=O) groups is 2. The number of likely N-dealkylation sites (tertiary alicyclic amines) is 1. The molecule has 4 aliphatic rings. The van der Waals surface area contributed by atoms with Crippen LogP contribution in [0.15, 0.2) is 10.3 Å². The van der Waals surface area contributed by atoms with Crippen molar-refractivity contribution in [2.24, 2.45) is 22.2 Å². The van der Waals surface area contributed by atoms with Gasteiger partial charge in [-0.3, -0.25) is 14.6 Å². The summed E-state index contributed by atoms with van der Waals surface area (Å²) in [5, 5.41) is 23.5. The predicted octanol–water partition coefficient (Wildman–Crippen LogP) is 2.42. The van der Waals surface area contributed by atoms with Crippen LogP contribution in [0.3, 0.4) is 0 Å². The highest BCUT2D eigenvalue weighted by atomic mass is 16.2. The zero-order valence-corrected chi connectivity index (χ0v) is 17.3. The largest absolute Gasteiger partial charge is 0.351 e. The first kappa shape index (κ1) is 20.1. The summed E-state index contributed by atoms with van der Waals surface area (Å²) in [6.45, 7) is 3.52. The molecular weight excluding hydrogens is 368 g/mol. The number of carbonyl (C=O) groups excluding carboxylic acids is 2. The van der Waals surface area contributed by atoms with Crippen molar-refractivity contribution in [1.82, 2.24) is 15.2 Å². The Morgan fingerprint density at radius 1 is 1.14 bits per heavy atom. The lowest BCUT2D eigenvalue weighted by Gasteiger charge is -2.36. The molecule has 3 fully saturated rings. The number of piperidine rings is 1. The van der Waals surface area contributed by atoms with Gasteiger partial charge in [0.15, 0.2) is 0 Å². The van der Waals surface area contributed by atoms with Crippen LogP contribution in [0.5, 0.6) is 0 Å². The van der Waals surface area contributed by atoms with E-state index in [4.69, 9.17) is 0 Å². The number of nitrogens with zero attached hydrogens (tertiary/aromatic N) is 5. The second kappa shape index (κ2) is 8.29. The van der Waals surface area contributed by atoms with E-state index in [-0.39, 0.29) is 29.8 Å². The Kier molecular flexibility index (Phi) is 5.75. The molecule has 1 unspecified atom stereocenters. The number of hydrogen-bond acceptors (Lipinski definition) is 6. The molecule has 29 heavy (non-hydrogen) atoms. The highest BCUT2D eigenvalue weighted by molar-refractivity contribution is 5.80. The van der Waals surface area contributed by atoms with Gasteiger partial charge in [-0.25, -0.2) is 0 Å². The van der Waals surface area contributed by atoms with Gasteiger partial charge >= 0.3 is 0 Å². The van der Waals surface area contributed by atoms with E-state index in [1.54, 1.807) is 6.92 Å². The van der Waals surface area contributed by atoms with E-state index < -0.39 is 5.54 Å². The van der Waals surface area contributed by atoms with Crippen molar-refractivity contribution in [2.75, 3.05) is 19.6 Å². The molecule has 0 spiro atoms. The van der Waals surface area contributed by atoms with Crippen LogP contribution in [-0.4, -0.2) is 59.0 Å². The lowest BCUT2D eigenvalue weighted by atomic mass is 9.80. The third kappa shape index (κ3) is 4.24. The van der Waals surface area contributed by atoms with Crippen LogP contribution in [0, 0.1) is 23.2 Å². The van der Waals surface area contributed by atoms with Crippen LogP contribution in [-0.2, 0) is 9.59 Å². The summed E-state index contributed by atoms with van der Waals surface area (Å²) in [6.07, 6.45) is 9.03. The molecule has 8 nitrogen and oxygen atoms in total. The van der Waals surface area contributed by atoms with Crippen LogP contribution in [0.25, 0.3) is 0 Å². The predicted molar refractivity (Wildman–Crippen MR) is 106 cm³/mol. The fraction of sp³-hybridized carbons (Fsp3) is 0.857. The Bertz CT molecular complexity index is 698. The summed E-state index contributed by atoms with van der Waals surface area (Å²) >= 11 is 0. The zero-order valence-electron chi connectivity index (χ0n) is 17.3. The molecule has 0 aromatic heterocycles. The number of rotatable bonds is 5. The smallest absolute Gasteiger partial charge is 0.223 e. The van der Waals surface area contributed by atoms with Gasteiger partial charge in [0.1, 0.15) is 11.6 Å². The molecule has 2 heterocycles. The quantitative estimate of drug-likeness (QED) is 0.766. The molecule has 0 radical (unpaired) electrons. The van der Waals surface area contributed by atoms with Gasteiger partial charge in [0, 0.05) is 25.9 Å². The minimum Gasteiger partial charge on any atom is -0.351 e. The fourth-order valence-corrected chi connectivity index (χ4v) is 5.13. The van der Waals surface area contributed by atoms with Crippen LogP contribution < -0.4 is 5.32 Å². The normalized spacial score (nSPS) is 28.1. The second-order valence-corrected chi connectivity index (χ2v) is 9.21. The van der Waals surface area contributed by atoms with E-state index in [0.717, 1.165) is 38.5 Å². The van der Waals surface area contributed by atoms with Crippen molar-refractivity contribution in [3.63, 3.8) is 0 Å². The molecule has 2 aliphatic carbocycles. The topological polar surface area (TPSA) is 101 Å². The monoisotopic (exact) mass is 400 g/mol. The van der Waals surface area contributed by atoms with Crippen LogP contribution in [0.4, 0.5) is 0 Å². The molecule has 2 aliphatic heterocycles. The zero-order chi connectivity index (χ0) is 20.4. The molecule has 158 valence electrons. The van der Waals surface area contributed by atoms with Gasteiger partial charge in [0.2, 0.25) is 11.8 Å². The third-order valence-electron chi connectivity index (χ3n) is 7.29. The lowest BCUT2D eigenvalue weighted by Crippen LogP contribution is -2.53. The summed E-state index contributed by atoms with van der Waals surface area (Å²) in [6, 6.07) is 2.30. The average molecular weight is 401 g/mol. The van der Waals surface area contributed by atoms with Gasteiger partial charge in [0.25, 0.3) is 0 Å². The Balaban J connectivity index is 1.40. The molecule has 2 atom stereocenters. The number of hydrogen-bond donors (Lipinski definition) is 1. The van der Waals surface area contributed by atoms with Crippen LogP contribution in [0.1, 0.15) is 64.7 Å². The van der Waals surface area contributed by atoms with E-state index in [9.17, 15) is 14.9 Å². The maximum atomic E-state index is 13.1. The van der Waals surface area contributed by atoms with Gasteiger partial charge in [-0.1, -0.05) is 24.5 Å².